The number of benzene rings is 2. The maximum atomic E-state index is 11.9. The lowest BCUT2D eigenvalue weighted by atomic mass is 10.2. The van der Waals surface area contributed by atoms with Crippen molar-refractivity contribution >= 4 is 11.6 Å². The second-order valence-corrected chi connectivity index (χ2v) is 5.70. The van der Waals surface area contributed by atoms with Crippen LogP contribution in [0.3, 0.4) is 0 Å². The lowest BCUT2D eigenvalue weighted by Gasteiger charge is -2.13. The van der Waals surface area contributed by atoms with Crippen LogP contribution < -0.4 is 15.0 Å². The largest absolute Gasteiger partial charge is 0.493 e. The molecule has 0 radical (unpaired) electrons. The molecule has 0 saturated carbocycles. The van der Waals surface area contributed by atoms with Gasteiger partial charge in [0.15, 0.2) is 0 Å². The van der Waals surface area contributed by atoms with E-state index in [2.05, 4.69) is 5.32 Å². The van der Waals surface area contributed by atoms with E-state index < -0.39 is 0 Å². The van der Waals surface area contributed by atoms with Crippen LogP contribution in [0.15, 0.2) is 48.5 Å². The molecule has 0 saturated heterocycles. The fraction of sp³-hybridized carbons (Fsp3) is 0.316. The molecule has 0 atom stereocenters. The molecule has 0 fully saturated rings. The van der Waals surface area contributed by atoms with Gasteiger partial charge in [0.05, 0.1) is 13.0 Å². The van der Waals surface area contributed by atoms with Gasteiger partial charge in [-0.2, -0.15) is 0 Å². The molecule has 2 rings (SSSR count). The molecule has 0 aliphatic carbocycles. The van der Waals surface area contributed by atoms with Crippen LogP contribution in [0.25, 0.3) is 0 Å². The number of rotatable bonds is 7. The molecule has 122 valence electrons. The topological polar surface area (TPSA) is 41.6 Å². The Balaban J connectivity index is 1.72. The summed E-state index contributed by atoms with van der Waals surface area (Å²) in [5.74, 6) is 0.829. The van der Waals surface area contributed by atoms with Crippen LogP contribution in [0.1, 0.15) is 17.5 Å². The summed E-state index contributed by atoms with van der Waals surface area (Å²) in [5, 5.41) is 2.92. The summed E-state index contributed by atoms with van der Waals surface area (Å²) in [7, 11) is 4.01. The summed E-state index contributed by atoms with van der Waals surface area (Å²) >= 11 is 0. The molecule has 2 aromatic rings. The minimum Gasteiger partial charge on any atom is -0.493 e. The van der Waals surface area contributed by atoms with Gasteiger partial charge in [-0.15, -0.1) is 0 Å². The van der Waals surface area contributed by atoms with Gasteiger partial charge >= 0.3 is 0 Å². The summed E-state index contributed by atoms with van der Waals surface area (Å²) in [5.41, 5.74) is 3.31. The van der Waals surface area contributed by atoms with Crippen LogP contribution in [0.4, 0.5) is 5.69 Å². The van der Waals surface area contributed by atoms with Gasteiger partial charge in [0.2, 0.25) is 5.91 Å². The number of hydrogen-bond donors (Lipinski definition) is 1. The Kier molecular flexibility index (Phi) is 6.03. The highest BCUT2D eigenvalue weighted by Gasteiger charge is 2.04. The third-order valence-electron chi connectivity index (χ3n) is 3.62. The number of carbonyl (C=O) groups is 1. The Bertz CT molecular complexity index is 636. The highest BCUT2D eigenvalue weighted by Crippen LogP contribution is 2.16. The van der Waals surface area contributed by atoms with Crippen molar-refractivity contribution in [2.45, 2.75) is 19.9 Å². The van der Waals surface area contributed by atoms with Crippen LogP contribution in [0.2, 0.25) is 0 Å². The van der Waals surface area contributed by atoms with Crippen molar-refractivity contribution in [2.24, 2.45) is 0 Å². The van der Waals surface area contributed by atoms with E-state index >= 15 is 0 Å². The summed E-state index contributed by atoms with van der Waals surface area (Å²) in [6, 6.07) is 16.0. The molecule has 0 aliphatic rings. The molecule has 0 aliphatic heterocycles. The molecule has 4 nitrogen and oxygen atoms in total. The van der Waals surface area contributed by atoms with Crippen molar-refractivity contribution in [1.29, 1.82) is 0 Å². The van der Waals surface area contributed by atoms with E-state index in [-0.39, 0.29) is 5.91 Å². The minimum absolute atomic E-state index is 0.00438. The van der Waals surface area contributed by atoms with E-state index in [9.17, 15) is 4.79 Å². The van der Waals surface area contributed by atoms with Crippen molar-refractivity contribution in [1.82, 2.24) is 5.32 Å². The lowest BCUT2D eigenvalue weighted by molar-refractivity contribution is -0.121. The van der Waals surface area contributed by atoms with E-state index in [0.717, 1.165) is 22.6 Å². The Morgan fingerprint density at radius 1 is 1.09 bits per heavy atom. The molecule has 23 heavy (non-hydrogen) atoms. The van der Waals surface area contributed by atoms with E-state index in [1.54, 1.807) is 0 Å². The standard InChI is InChI=1S/C19H24N2O2/c1-15-6-4-5-7-18(15)23-13-12-19(22)20-14-16-8-10-17(11-9-16)21(2)3/h4-11H,12-14H2,1-3H3,(H,20,22). The van der Waals surface area contributed by atoms with Gasteiger partial charge in [0.1, 0.15) is 5.75 Å². The van der Waals surface area contributed by atoms with Gasteiger partial charge in [0.25, 0.3) is 0 Å². The monoisotopic (exact) mass is 312 g/mol. The fourth-order valence-electron chi connectivity index (χ4n) is 2.17. The van der Waals surface area contributed by atoms with Crippen LogP contribution in [-0.4, -0.2) is 26.6 Å². The molecular weight excluding hydrogens is 288 g/mol. The molecule has 1 amide bonds. The third kappa shape index (κ3) is 5.33. The second-order valence-electron chi connectivity index (χ2n) is 5.70. The van der Waals surface area contributed by atoms with E-state index in [4.69, 9.17) is 4.74 Å². The number of nitrogens with zero attached hydrogens (tertiary/aromatic N) is 1. The summed E-state index contributed by atoms with van der Waals surface area (Å²) in [4.78, 5) is 13.9. The molecule has 0 heterocycles. The van der Waals surface area contributed by atoms with Gasteiger partial charge in [-0.05, 0) is 36.2 Å². The molecule has 0 aromatic heterocycles. The van der Waals surface area contributed by atoms with Gasteiger partial charge < -0.3 is 15.0 Å². The molecule has 0 unspecified atom stereocenters. The number of carbonyl (C=O) groups excluding carboxylic acids is 1. The minimum atomic E-state index is -0.00438. The average Bonchev–Trinajstić information content (AvgIpc) is 2.55. The Labute approximate surface area is 138 Å². The Hall–Kier alpha value is -2.49. The molecule has 0 spiro atoms. The first kappa shape index (κ1) is 16.9. The molecule has 1 N–H and O–H groups in total. The first-order valence-corrected chi connectivity index (χ1v) is 7.77. The first-order valence-electron chi connectivity index (χ1n) is 7.77. The highest BCUT2D eigenvalue weighted by atomic mass is 16.5. The zero-order valence-electron chi connectivity index (χ0n) is 14.0. The average molecular weight is 312 g/mol. The SMILES string of the molecule is Cc1ccccc1OCCC(=O)NCc1ccc(N(C)C)cc1. The van der Waals surface area contributed by atoms with Crippen molar-refractivity contribution < 1.29 is 9.53 Å². The summed E-state index contributed by atoms with van der Waals surface area (Å²) in [6.07, 6.45) is 0.351. The summed E-state index contributed by atoms with van der Waals surface area (Å²) < 4.78 is 5.64. The summed E-state index contributed by atoms with van der Waals surface area (Å²) in [6.45, 7) is 2.92. The second kappa shape index (κ2) is 8.22. The number of amides is 1. The van der Waals surface area contributed by atoms with E-state index in [1.807, 2.05) is 74.4 Å². The van der Waals surface area contributed by atoms with E-state index in [0.29, 0.717) is 19.6 Å². The Morgan fingerprint density at radius 2 is 1.78 bits per heavy atom. The normalized spacial score (nSPS) is 10.2. The van der Waals surface area contributed by atoms with Gasteiger partial charge in [-0.1, -0.05) is 30.3 Å². The third-order valence-corrected chi connectivity index (χ3v) is 3.62. The quantitative estimate of drug-likeness (QED) is 0.854. The molecule has 0 bridgehead atoms. The van der Waals surface area contributed by atoms with Gasteiger partial charge in [-0.3, -0.25) is 4.79 Å². The van der Waals surface area contributed by atoms with Crippen LogP contribution in [-0.2, 0) is 11.3 Å². The molecule has 2 aromatic carbocycles. The van der Waals surface area contributed by atoms with Gasteiger partial charge in [0, 0.05) is 26.3 Å². The lowest BCUT2D eigenvalue weighted by Crippen LogP contribution is -2.24. The number of anilines is 1. The first-order chi connectivity index (χ1) is 11.1. The maximum Gasteiger partial charge on any atom is 0.223 e. The maximum absolute atomic E-state index is 11.9. The number of nitrogens with one attached hydrogen (secondary N) is 1. The zero-order chi connectivity index (χ0) is 16.7. The number of hydrogen-bond acceptors (Lipinski definition) is 3. The van der Waals surface area contributed by atoms with Gasteiger partial charge in [-0.25, -0.2) is 0 Å². The number of para-hydroxylation sites is 1. The van der Waals surface area contributed by atoms with Crippen LogP contribution >= 0.6 is 0 Å². The molecule has 4 heteroatoms. The zero-order valence-corrected chi connectivity index (χ0v) is 14.0. The molecular formula is C19H24N2O2. The predicted octanol–water partition coefficient (Wildman–Crippen LogP) is 3.15. The number of aryl methyl sites for hydroxylation is 1. The number of ether oxygens (including phenoxy) is 1. The highest BCUT2D eigenvalue weighted by molar-refractivity contribution is 5.76. The van der Waals surface area contributed by atoms with Crippen molar-refractivity contribution in [3.63, 3.8) is 0 Å². The van der Waals surface area contributed by atoms with Crippen LogP contribution in [0.5, 0.6) is 5.75 Å². The van der Waals surface area contributed by atoms with E-state index in [1.165, 1.54) is 0 Å². The van der Waals surface area contributed by atoms with Crippen molar-refractivity contribution in [3.8, 4) is 5.75 Å². The van der Waals surface area contributed by atoms with Crippen LogP contribution in [0, 0.1) is 6.92 Å². The Morgan fingerprint density at radius 3 is 2.43 bits per heavy atom. The predicted molar refractivity (Wildman–Crippen MR) is 93.9 cm³/mol. The smallest absolute Gasteiger partial charge is 0.223 e. The fourth-order valence-corrected chi connectivity index (χ4v) is 2.17. The van der Waals surface area contributed by atoms with Crippen molar-refractivity contribution in [2.75, 3.05) is 25.6 Å². The van der Waals surface area contributed by atoms with Crippen molar-refractivity contribution in [3.05, 3.63) is 59.7 Å².